The summed E-state index contributed by atoms with van der Waals surface area (Å²) in [5, 5.41) is 10.3. The van der Waals surface area contributed by atoms with Crippen LogP contribution in [0, 0.1) is 0 Å². The van der Waals surface area contributed by atoms with E-state index in [2.05, 4.69) is 28.1 Å². The highest BCUT2D eigenvalue weighted by atomic mass is 16.5. The summed E-state index contributed by atoms with van der Waals surface area (Å²) in [5.74, 6) is 0.937. The van der Waals surface area contributed by atoms with Gasteiger partial charge in [-0.2, -0.15) is 0 Å². The third-order valence-corrected chi connectivity index (χ3v) is 6.92. The van der Waals surface area contributed by atoms with Gasteiger partial charge in [-0.15, -0.1) is 0 Å². The summed E-state index contributed by atoms with van der Waals surface area (Å²) in [6, 6.07) is 23.7. The number of ether oxygens (including phenoxy) is 1. The number of para-hydroxylation sites is 1. The third-order valence-electron chi connectivity index (χ3n) is 6.92. The Morgan fingerprint density at radius 1 is 1.06 bits per heavy atom. The Balaban J connectivity index is 1.45. The molecule has 0 unspecified atom stereocenters. The van der Waals surface area contributed by atoms with Crippen molar-refractivity contribution in [2.75, 3.05) is 26.8 Å². The van der Waals surface area contributed by atoms with Gasteiger partial charge in [0, 0.05) is 43.4 Å². The van der Waals surface area contributed by atoms with E-state index in [1.165, 1.54) is 5.56 Å². The molecule has 2 aromatic carbocycles. The number of aliphatic hydroxyl groups is 1. The van der Waals surface area contributed by atoms with Crippen LogP contribution in [0.25, 0.3) is 0 Å². The van der Waals surface area contributed by atoms with Crippen LogP contribution in [0.15, 0.2) is 79.0 Å². The average molecular weight is 430 g/mol. The first-order valence-corrected chi connectivity index (χ1v) is 10.9. The SMILES string of the molecule is COc1ccccc1CN1[C@H](CO)[C@@H](c2ccccc2)C12CN(C(=O)c1ccccn1)C2. The van der Waals surface area contributed by atoms with Gasteiger partial charge >= 0.3 is 0 Å². The Labute approximate surface area is 188 Å². The summed E-state index contributed by atoms with van der Waals surface area (Å²) in [7, 11) is 1.68. The maximum Gasteiger partial charge on any atom is 0.272 e. The highest BCUT2D eigenvalue weighted by molar-refractivity contribution is 5.93. The first-order chi connectivity index (χ1) is 15.7. The predicted molar refractivity (Wildman–Crippen MR) is 121 cm³/mol. The monoisotopic (exact) mass is 429 g/mol. The first kappa shape index (κ1) is 20.7. The molecule has 0 bridgehead atoms. The molecule has 2 aliphatic rings. The van der Waals surface area contributed by atoms with Crippen LogP contribution in [-0.2, 0) is 6.54 Å². The predicted octanol–water partition coefficient (Wildman–Crippen LogP) is 2.95. The minimum Gasteiger partial charge on any atom is -0.496 e. The van der Waals surface area contributed by atoms with Gasteiger partial charge in [0.1, 0.15) is 11.4 Å². The molecule has 1 aromatic heterocycles. The fourth-order valence-corrected chi connectivity index (χ4v) is 5.44. The Hall–Kier alpha value is -3.22. The summed E-state index contributed by atoms with van der Waals surface area (Å²) in [4.78, 5) is 21.4. The van der Waals surface area contributed by atoms with Gasteiger partial charge in [0.15, 0.2) is 0 Å². The number of hydrogen-bond donors (Lipinski definition) is 1. The van der Waals surface area contributed by atoms with Crippen molar-refractivity contribution in [1.82, 2.24) is 14.8 Å². The van der Waals surface area contributed by atoms with Crippen molar-refractivity contribution >= 4 is 5.91 Å². The van der Waals surface area contributed by atoms with E-state index in [4.69, 9.17) is 4.74 Å². The van der Waals surface area contributed by atoms with E-state index in [1.807, 2.05) is 53.4 Å². The molecule has 6 nitrogen and oxygen atoms in total. The minimum atomic E-state index is -0.222. The number of carbonyl (C=O) groups is 1. The number of likely N-dealkylation sites (tertiary alicyclic amines) is 2. The van der Waals surface area contributed by atoms with E-state index < -0.39 is 0 Å². The van der Waals surface area contributed by atoms with E-state index in [-0.39, 0.29) is 30.0 Å². The molecular formula is C26H27N3O3. The molecule has 32 heavy (non-hydrogen) atoms. The number of aliphatic hydroxyl groups excluding tert-OH is 1. The molecule has 2 atom stereocenters. The second-order valence-electron chi connectivity index (χ2n) is 8.56. The highest BCUT2D eigenvalue weighted by Crippen LogP contribution is 2.54. The Morgan fingerprint density at radius 3 is 2.47 bits per heavy atom. The fourth-order valence-electron chi connectivity index (χ4n) is 5.44. The molecular weight excluding hydrogens is 402 g/mol. The maximum absolute atomic E-state index is 13.0. The van der Waals surface area contributed by atoms with Gasteiger partial charge in [0.25, 0.3) is 5.91 Å². The van der Waals surface area contributed by atoms with Gasteiger partial charge in [-0.05, 0) is 23.8 Å². The Kier molecular flexibility index (Phi) is 5.41. The topological polar surface area (TPSA) is 65.9 Å². The molecule has 2 fully saturated rings. The zero-order valence-corrected chi connectivity index (χ0v) is 18.1. The quantitative estimate of drug-likeness (QED) is 0.653. The number of hydrogen-bond acceptors (Lipinski definition) is 5. The van der Waals surface area contributed by atoms with Crippen LogP contribution in [-0.4, -0.2) is 64.2 Å². The molecule has 5 rings (SSSR count). The van der Waals surface area contributed by atoms with Crippen molar-refractivity contribution in [2.45, 2.75) is 24.0 Å². The van der Waals surface area contributed by atoms with Gasteiger partial charge < -0.3 is 14.7 Å². The molecule has 164 valence electrons. The molecule has 2 aliphatic heterocycles. The molecule has 0 aliphatic carbocycles. The summed E-state index contributed by atoms with van der Waals surface area (Å²) >= 11 is 0. The van der Waals surface area contributed by atoms with Gasteiger partial charge in [0.2, 0.25) is 0 Å². The van der Waals surface area contributed by atoms with Crippen LogP contribution < -0.4 is 4.74 Å². The lowest BCUT2D eigenvalue weighted by atomic mass is 9.60. The summed E-state index contributed by atoms with van der Waals surface area (Å²) in [6.07, 6.45) is 1.65. The van der Waals surface area contributed by atoms with Crippen molar-refractivity contribution < 1.29 is 14.6 Å². The molecule has 6 heteroatoms. The molecule has 3 heterocycles. The number of carbonyl (C=O) groups excluding carboxylic acids is 1. The van der Waals surface area contributed by atoms with Crippen LogP contribution in [0.1, 0.15) is 27.5 Å². The number of rotatable bonds is 6. The average Bonchev–Trinajstić information content (AvgIpc) is 2.82. The van der Waals surface area contributed by atoms with Crippen LogP contribution in [0.2, 0.25) is 0 Å². The van der Waals surface area contributed by atoms with Crippen LogP contribution >= 0.6 is 0 Å². The molecule has 1 spiro atoms. The van der Waals surface area contributed by atoms with E-state index in [1.54, 1.807) is 19.4 Å². The minimum absolute atomic E-state index is 0.0191. The normalized spacial score (nSPS) is 21.6. The van der Waals surface area contributed by atoms with Crippen molar-refractivity contribution in [3.63, 3.8) is 0 Å². The Morgan fingerprint density at radius 2 is 1.78 bits per heavy atom. The summed E-state index contributed by atoms with van der Waals surface area (Å²) < 4.78 is 5.57. The maximum atomic E-state index is 13.0. The molecule has 1 N–H and O–H groups in total. The van der Waals surface area contributed by atoms with E-state index in [9.17, 15) is 9.90 Å². The standard InChI is InChI=1S/C26H27N3O3/c1-32-23-13-6-5-11-20(23)15-29-22(16-30)24(19-9-3-2-4-10-19)26(29)17-28(18-26)25(31)21-12-7-8-14-27-21/h2-14,22,24,30H,15-18H2,1H3/t22-,24-/m1/s1. The molecule has 2 saturated heterocycles. The van der Waals surface area contributed by atoms with Crippen molar-refractivity contribution in [2.24, 2.45) is 0 Å². The van der Waals surface area contributed by atoms with Crippen LogP contribution in [0.3, 0.4) is 0 Å². The molecule has 0 radical (unpaired) electrons. The van der Waals surface area contributed by atoms with E-state index in [0.29, 0.717) is 25.3 Å². The number of amides is 1. The smallest absolute Gasteiger partial charge is 0.272 e. The number of aromatic nitrogens is 1. The lowest BCUT2D eigenvalue weighted by molar-refractivity contribution is -0.184. The van der Waals surface area contributed by atoms with Crippen molar-refractivity contribution in [1.29, 1.82) is 0 Å². The number of nitrogens with zero attached hydrogens (tertiary/aromatic N) is 3. The molecule has 3 aromatic rings. The van der Waals surface area contributed by atoms with Gasteiger partial charge in [-0.3, -0.25) is 14.7 Å². The first-order valence-electron chi connectivity index (χ1n) is 10.9. The molecule has 1 amide bonds. The summed E-state index contributed by atoms with van der Waals surface area (Å²) in [5.41, 5.74) is 2.52. The van der Waals surface area contributed by atoms with Crippen molar-refractivity contribution in [3.05, 3.63) is 95.8 Å². The van der Waals surface area contributed by atoms with Crippen molar-refractivity contribution in [3.8, 4) is 5.75 Å². The zero-order valence-electron chi connectivity index (χ0n) is 18.1. The van der Waals surface area contributed by atoms with Gasteiger partial charge in [-0.25, -0.2) is 0 Å². The van der Waals surface area contributed by atoms with Crippen LogP contribution in [0.4, 0.5) is 0 Å². The van der Waals surface area contributed by atoms with E-state index in [0.717, 1.165) is 11.3 Å². The molecule has 0 saturated carbocycles. The lowest BCUT2D eigenvalue weighted by Crippen LogP contribution is -2.84. The zero-order chi connectivity index (χ0) is 22.1. The summed E-state index contributed by atoms with van der Waals surface area (Å²) in [6.45, 7) is 1.93. The second-order valence-corrected chi connectivity index (χ2v) is 8.56. The number of methoxy groups -OCH3 is 1. The largest absolute Gasteiger partial charge is 0.496 e. The van der Waals surface area contributed by atoms with E-state index >= 15 is 0 Å². The lowest BCUT2D eigenvalue weighted by Gasteiger charge is -2.70. The highest BCUT2D eigenvalue weighted by Gasteiger charge is 2.66. The fraction of sp³-hybridized carbons (Fsp3) is 0.308. The Bertz CT molecular complexity index is 1080. The second kappa shape index (κ2) is 8.37. The number of pyridine rings is 1. The van der Waals surface area contributed by atoms with Gasteiger partial charge in [-0.1, -0.05) is 54.6 Å². The number of benzene rings is 2. The van der Waals surface area contributed by atoms with Gasteiger partial charge in [0.05, 0.1) is 19.3 Å². The third kappa shape index (κ3) is 3.27. The van der Waals surface area contributed by atoms with Crippen LogP contribution in [0.5, 0.6) is 5.75 Å².